The molecule has 3 heteroatoms. The lowest BCUT2D eigenvalue weighted by molar-refractivity contribution is -0.172. The molecule has 1 aromatic rings. The number of hydrogen-bond donors (Lipinski definition) is 0. The summed E-state index contributed by atoms with van der Waals surface area (Å²) in [6.07, 6.45) is 3.01. The maximum Gasteiger partial charge on any atom is 0.331 e. The summed E-state index contributed by atoms with van der Waals surface area (Å²) in [7, 11) is 2.04. The molecule has 1 aliphatic heterocycles. The van der Waals surface area contributed by atoms with E-state index in [0.717, 1.165) is 36.9 Å². The highest BCUT2D eigenvalue weighted by atomic mass is 16.6. The quantitative estimate of drug-likeness (QED) is 0.778. The Balaban J connectivity index is 2.50. The van der Waals surface area contributed by atoms with E-state index in [1.165, 1.54) is 0 Å². The van der Waals surface area contributed by atoms with Gasteiger partial charge in [0.05, 0.1) is 0 Å². The summed E-state index contributed by atoms with van der Waals surface area (Å²) in [6.45, 7) is 8.79. The number of likely N-dealkylation sites (tertiary alicyclic amines) is 1. The molecule has 1 heterocycles. The summed E-state index contributed by atoms with van der Waals surface area (Å²) < 4.78 is 5.78. The maximum absolute atomic E-state index is 13.0. The molecule has 116 valence electrons. The second-order valence-electron chi connectivity index (χ2n) is 7.06. The number of carbonyl (C=O) groups is 1. The van der Waals surface area contributed by atoms with Crippen LogP contribution in [0.25, 0.3) is 0 Å². The normalized spacial score (nSPS) is 23.9. The fraction of sp³-hybridized carbons (Fsp3) is 0.611. The molecule has 0 aliphatic carbocycles. The van der Waals surface area contributed by atoms with Gasteiger partial charge in [0, 0.05) is 0 Å². The number of likely N-dealkylation sites (N-methyl/N-ethyl adjacent to an activating group) is 1. The minimum absolute atomic E-state index is 0.119. The van der Waals surface area contributed by atoms with Crippen molar-refractivity contribution in [2.75, 3.05) is 13.6 Å². The van der Waals surface area contributed by atoms with Crippen LogP contribution >= 0.6 is 0 Å². The molecule has 0 spiro atoms. The van der Waals surface area contributed by atoms with Gasteiger partial charge in [-0.3, -0.25) is 4.90 Å². The van der Waals surface area contributed by atoms with Gasteiger partial charge in [-0.15, -0.1) is 0 Å². The van der Waals surface area contributed by atoms with E-state index in [0.29, 0.717) is 0 Å². The van der Waals surface area contributed by atoms with Crippen LogP contribution in [0, 0.1) is 6.92 Å². The Morgan fingerprint density at radius 2 is 1.90 bits per heavy atom. The summed E-state index contributed by atoms with van der Waals surface area (Å²) in [5, 5.41) is 0. The standard InChI is InChI=1S/C18H27NO2/c1-14-10-6-7-11-15(14)18(12-8-9-13-19(18)5)16(20)21-17(2,3)4/h6-7,10-11H,8-9,12-13H2,1-5H3. The van der Waals surface area contributed by atoms with Gasteiger partial charge in [-0.05, 0) is 71.7 Å². The molecule has 0 aromatic heterocycles. The molecule has 0 saturated carbocycles. The zero-order valence-corrected chi connectivity index (χ0v) is 13.9. The van der Waals surface area contributed by atoms with Crippen LogP contribution in [0.3, 0.4) is 0 Å². The summed E-state index contributed by atoms with van der Waals surface area (Å²) >= 11 is 0. The second kappa shape index (κ2) is 5.80. The van der Waals surface area contributed by atoms with Crippen molar-refractivity contribution < 1.29 is 9.53 Å². The van der Waals surface area contributed by atoms with Crippen molar-refractivity contribution in [3.63, 3.8) is 0 Å². The fourth-order valence-electron chi connectivity index (χ4n) is 3.22. The lowest BCUT2D eigenvalue weighted by atomic mass is 9.78. The van der Waals surface area contributed by atoms with Crippen LogP contribution in [0.4, 0.5) is 0 Å². The smallest absolute Gasteiger partial charge is 0.331 e. The van der Waals surface area contributed by atoms with Crippen molar-refractivity contribution >= 4 is 5.97 Å². The van der Waals surface area contributed by atoms with Crippen LogP contribution in [0.2, 0.25) is 0 Å². The molecule has 2 rings (SSSR count). The highest BCUT2D eigenvalue weighted by Crippen LogP contribution is 2.40. The van der Waals surface area contributed by atoms with Crippen molar-refractivity contribution in [3.8, 4) is 0 Å². The number of piperidine rings is 1. The van der Waals surface area contributed by atoms with Gasteiger partial charge in [0.15, 0.2) is 0 Å². The number of hydrogen-bond acceptors (Lipinski definition) is 3. The van der Waals surface area contributed by atoms with Crippen molar-refractivity contribution in [1.29, 1.82) is 0 Å². The number of benzene rings is 1. The van der Waals surface area contributed by atoms with E-state index < -0.39 is 11.1 Å². The van der Waals surface area contributed by atoms with E-state index in [1.54, 1.807) is 0 Å². The van der Waals surface area contributed by atoms with Crippen LogP contribution in [-0.2, 0) is 15.1 Å². The third-order valence-corrected chi connectivity index (χ3v) is 4.26. The number of esters is 1. The first-order valence-electron chi connectivity index (χ1n) is 7.78. The molecule has 1 fully saturated rings. The van der Waals surface area contributed by atoms with Gasteiger partial charge in [-0.25, -0.2) is 4.79 Å². The van der Waals surface area contributed by atoms with Gasteiger partial charge in [0.1, 0.15) is 11.1 Å². The maximum atomic E-state index is 13.0. The molecule has 1 unspecified atom stereocenters. The number of carbonyl (C=O) groups excluding carboxylic acids is 1. The molecule has 1 aromatic carbocycles. The molecule has 0 radical (unpaired) electrons. The SMILES string of the molecule is Cc1ccccc1C1(C(=O)OC(C)(C)C)CCCCN1C. The van der Waals surface area contributed by atoms with Crippen LogP contribution in [0.15, 0.2) is 24.3 Å². The first-order valence-corrected chi connectivity index (χ1v) is 7.78. The van der Waals surface area contributed by atoms with Crippen LogP contribution < -0.4 is 0 Å². The minimum atomic E-state index is -0.642. The Morgan fingerprint density at radius 3 is 2.48 bits per heavy atom. The zero-order valence-electron chi connectivity index (χ0n) is 13.9. The van der Waals surface area contributed by atoms with Crippen molar-refractivity contribution in [1.82, 2.24) is 4.90 Å². The number of rotatable bonds is 2. The fourth-order valence-corrected chi connectivity index (χ4v) is 3.22. The molecule has 0 bridgehead atoms. The lowest BCUT2D eigenvalue weighted by Crippen LogP contribution is -2.55. The Bertz CT molecular complexity index is 518. The summed E-state index contributed by atoms with van der Waals surface area (Å²) in [5.41, 5.74) is 1.13. The van der Waals surface area contributed by atoms with Gasteiger partial charge in [-0.2, -0.15) is 0 Å². The average Bonchev–Trinajstić information content (AvgIpc) is 2.38. The van der Waals surface area contributed by atoms with E-state index in [1.807, 2.05) is 40.0 Å². The highest BCUT2D eigenvalue weighted by molar-refractivity contribution is 5.83. The van der Waals surface area contributed by atoms with Crippen molar-refractivity contribution in [2.45, 2.75) is 58.1 Å². The second-order valence-corrected chi connectivity index (χ2v) is 7.06. The van der Waals surface area contributed by atoms with E-state index in [9.17, 15) is 4.79 Å². The Morgan fingerprint density at radius 1 is 1.24 bits per heavy atom. The number of aryl methyl sites for hydroxylation is 1. The van der Waals surface area contributed by atoms with E-state index in [-0.39, 0.29) is 5.97 Å². The summed E-state index contributed by atoms with van der Waals surface area (Å²) in [5.74, 6) is -0.119. The third-order valence-electron chi connectivity index (χ3n) is 4.26. The Kier molecular flexibility index (Phi) is 4.43. The molecular weight excluding hydrogens is 262 g/mol. The molecule has 1 saturated heterocycles. The molecular formula is C18H27NO2. The van der Waals surface area contributed by atoms with Crippen LogP contribution in [0.1, 0.15) is 51.2 Å². The first-order chi connectivity index (χ1) is 9.77. The average molecular weight is 289 g/mol. The molecule has 21 heavy (non-hydrogen) atoms. The largest absolute Gasteiger partial charge is 0.458 e. The minimum Gasteiger partial charge on any atom is -0.458 e. The topological polar surface area (TPSA) is 29.5 Å². The molecule has 1 atom stereocenters. The Hall–Kier alpha value is -1.35. The first kappa shape index (κ1) is 16.0. The number of ether oxygens (including phenoxy) is 1. The molecule has 3 nitrogen and oxygen atoms in total. The lowest BCUT2D eigenvalue weighted by Gasteiger charge is -2.45. The van der Waals surface area contributed by atoms with Crippen LogP contribution in [-0.4, -0.2) is 30.1 Å². The van der Waals surface area contributed by atoms with E-state index >= 15 is 0 Å². The van der Waals surface area contributed by atoms with Gasteiger partial charge < -0.3 is 4.74 Å². The third kappa shape index (κ3) is 3.13. The summed E-state index contributed by atoms with van der Waals surface area (Å²) in [6, 6.07) is 8.17. The van der Waals surface area contributed by atoms with Crippen LogP contribution in [0.5, 0.6) is 0 Å². The van der Waals surface area contributed by atoms with Crippen molar-refractivity contribution in [3.05, 3.63) is 35.4 Å². The molecule has 0 amide bonds. The van der Waals surface area contributed by atoms with Gasteiger partial charge >= 0.3 is 5.97 Å². The van der Waals surface area contributed by atoms with Gasteiger partial charge in [0.2, 0.25) is 0 Å². The predicted octanol–water partition coefficient (Wildman–Crippen LogP) is 3.65. The van der Waals surface area contributed by atoms with E-state index in [2.05, 4.69) is 24.0 Å². The predicted molar refractivity (Wildman–Crippen MR) is 85.2 cm³/mol. The highest BCUT2D eigenvalue weighted by Gasteiger charge is 2.48. The van der Waals surface area contributed by atoms with Gasteiger partial charge in [0.25, 0.3) is 0 Å². The van der Waals surface area contributed by atoms with Crippen molar-refractivity contribution in [2.24, 2.45) is 0 Å². The number of nitrogens with zero attached hydrogens (tertiary/aromatic N) is 1. The monoisotopic (exact) mass is 289 g/mol. The summed E-state index contributed by atoms with van der Waals surface area (Å²) in [4.78, 5) is 15.2. The Labute approximate surface area is 128 Å². The molecule has 0 N–H and O–H groups in total. The molecule has 1 aliphatic rings. The van der Waals surface area contributed by atoms with E-state index in [4.69, 9.17) is 4.74 Å². The van der Waals surface area contributed by atoms with Gasteiger partial charge in [-0.1, -0.05) is 24.3 Å². The zero-order chi connectivity index (χ0) is 15.7.